The van der Waals surface area contributed by atoms with Crippen LogP contribution in [0, 0.1) is 0 Å². The van der Waals surface area contributed by atoms with Crippen molar-refractivity contribution >= 4 is 29.1 Å². The Balaban J connectivity index is 1.51. The number of carbonyl (C=O) groups excluding carboxylic acids is 2. The molecule has 0 saturated heterocycles. The van der Waals surface area contributed by atoms with Crippen molar-refractivity contribution in [3.8, 4) is 11.3 Å². The second kappa shape index (κ2) is 9.09. The number of rotatable bonds is 7. The largest absolute Gasteiger partial charge is 0.326 e. The maximum absolute atomic E-state index is 12.1. The number of nitrogens with one attached hydrogen (secondary N) is 1. The summed E-state index contributed by atoms with van der Waals surface area (Å²) in [6.07, 6.45) is 1.91. The topological polar surface area (TPSA) is 72.0 Å². The van der Waals surface area contributed by atoms with Crippen molar-refractivity contribution in [3.63, 3.8) is 0 Å². The summed E-state index contributed by atoms with van der Waals surface area (Å²) in [5.74, 6) is 0.544. The SMILES string of the molecule is CC(=O)c1ccc(NC(=O)CCSc2cc(-c3ccccc3)ncn2)cc1. The molecule has 1 N–H and O–H groups in total. The van der Waals surface area contributed by atoms with Crippen LogP contribution in [0.4, 0.5) is 5.69 Å². The second-order valence-electron chi connectivity index (χ2n) is 5.89. The Kier molecular flexibility index (Phi) is 6.33. The van der Waals surface area contributed by atoms with Gasteiger partial charge in [0.15, 0.2) is 5.78 Å². The minimum Gasteiger partial charge on any atom is -0.326 e. The Morgan fingerprint density at radius 3 is 2.44 bits per heavy atom. The van der Waals surface area contributed by atoms with E-state index in [4.69, 9.17) is 0 Å². The van der Waals surface area contributed by atoms with E-state index in [1.165, 1.54) is 18.7 Å². The van der Waals surface area contributed by atoms with E-state index < -0.39 is 0 Å². The predicted octanol–water partition coefficient (Wildman–Crippen LogP) is 4.47. The Labute approximate surface area is 162 Å². The van der Waals surface area contributed by atoms with Crippen LogP contribution in [0.1, 0.15) is 23.7 Å². The third-order valence-corrected chi connectivity index (χ3v) is 4.79. The van der Waals surface area contributed by atoms with E-state index in [1.54, 1.807) is 30.6 Å². The lowest BCUT2D eigenvalue weighted by molar-refractivity contribution is -0.115. The first-order chi connectivity index (χ1) is 13.1. The molecular formula is C21H19N3O2S. The third-order valence-electron chi connectivity index (χ3n) is 3.87. The standard InChI is InChI=1S/C21H19N3O2S/c1-15(25)16-7-9-18(10-8-16)24-20(26)11-12-27-21-13-19(22-14-23-21)17-5-3-2-4-6-17/h2-10,13-14H,11-12H2,1H3,(H,24,26). The van der Waals surface area contributed by atoms with Gasteiger partial charge in [0.2, 0.25) is 5.91 Å². The number of benzene rings is 2. The molecule has 6 heteroatoms. The summed E-state index contributed by atoms with van der Waals surface area (Å²) in [6.45, 7) is 1.52. The Morgan fingerprint density at radius 1 is 1.00 bits per heavy atom. The summed E-state index contributed by atoms with van der Waals surface area (Å²) in [5.41, 5.74) is 3.21. The highest BCUT2D eigenvalue weighted by atomic mass is 32.2. The lowest BCUT2D eigenvalue weighted by Gasteiger charge is -2.06. The lowest BCUT2D eigenvalue weighted by Crippen LogP contribution is -2.12. The summed E-state index contributed by atoms with van der Waals surface area (Å²) >= 11 is 1.52. The van der Waals surface area contributed by atoms with Crippen LogP contribution in [0.5, 0.6) is 0 Å². The van der Waals surface area contributed by atoms with Gasteiger partial charge in [-0.3, -0.25) is 9.59 Å². The molecular weight excluding hydrogens is 358 g/mol. The van der Waals surface area contributed by atoms with E-state index in [1.807, 2.05) is 36.4 Å². The van der Waals surface area contributed by atoms with Crippen LogP contribution in [0.15, 0.2) is 72.0 Å². The van der Waals surface area contributed by atoms with E-state index in [9.17, 15) is 9.59 Å². The summed E-state index contributed by atoms with van der Waals surface area (Å²) in [5, 5.41) is 3.67. The molecule has 0 atom stereocenters. The molecule has 3 rings (SSSR count). The minimum atomic E-state index is -0.0737. The van der Waals surface area contributed by atoms with Crippen LogP contribution in [-0.4, -0.2) is 27.4 Å². The van der Waals surface area contributed by atoms with Crippen LogP contribution >= 0.6 is 11.8 Å². The van der Waals surface area contributed by atoms with E-state index >= 15 is 0 Å². The first-order valence-corrected chi connectivity index (χ1v) is 9.51. The summed E-state index contributed by atoms with van der Waals surface area (Å²) < 4.78 is 0. The molecule has 5 nitrogen and oxygen atoms in total. The Hall–Kier alpha value is -2.99. The number of aromatic nitrogens is 2. The number of thioether (sulfide) groups is 1. The molecule has 3 aromatic rings. The minimum absolute atomic E-state index is 0.00370. The van der Waals surface area contributed by atoms with Crippen LogP contribution in [0.25, 0.3) is 11.3 Å². The van der Waals surface area contributed by atoms with Gasteiger partial charge in [0.25, 0.3) is 0 Å². The maximum atomic E-state index is 12.1. The van der Waals surface area contributed by atoms with E-state index in [0.717, 1.165) is 16.3 Å². The van der Waals surface area contributed by atoms with Crippen LogP contribution in [0.2, 0.25) is 0 Å². The quantitative estimate of drug-likeness (QED) is 0.374. The van der Waals surface area contributed by atoms with Gasteiger partial charge < -0.3 is 5.32 Å². The number of anilines is 1. The first kappa shape index (κ1) is 18.8. The highest BCUT2D eigenvalue weighted by Gasteiger charge is 2.06. The third kappa shape index (κ3) is 5.49. The Morgan fingerprint density at radius 2 is 1.74 bits per heavy atom. The fourth-order valence-electron chi connectivity index (χ4n) is 2.45. The highest BCUT2D eigenvalue weighted by Crippen LogP contribution is 2.22. The van der Waals surface area contributed by atoms with Gasteiger partial charge in [0.1, 0.15) is 6.33 Å². The van der Waals surface area contributed by atoms with Crippen molar-refractivity contribution in [2.45, 2.75) is 18.4 Å². The Bertz CT molecular complexity index is 928. The molecule has 0 unspecified atom stereocenters. The van der Waals surface area contributed by atoms with E-state index in [2.05, 4.69) is 15.3 Å². The van der Waals surface area contributed by atoms with Crippen LogP contribution in [-0.2, 0) is 4.79 Å². The van der Waals surface area contributed by atoms with Crippen LogP contribution in [0.3, 0.4) is 0 Å². The average molecular weight is 377 g/mol. The molecule has 0 aliphatic carbocycles. The van der Waals surface area contributed by atoms with Crippen molar-refractivity contribution in [2.24, 2.45) is 0 Å². The van der Waals surface area contributed by atoms with E-state index in [-0.39, 0.29) is 11.7 Å². The van der Waals surface area contributed by atoms with Crippen LogP contribution < -0.4 is 5.32 Å². The fourth-order valence-corrected chi connectivity index (χ4v) is 3.26. The number of hydrogen-bond donors (Lipinski definition) is 1. The smallest absolute Gasteiger partial charge is 0.225 e. The maximum Gasteiger partial charge on any atom is 0.225 e. The van der Waals surface area contributed by atoms with Crippen molar-refractivity contribution in [2.75, 3.05) is 11.1 Å². The molecule has 0 radical (unpaired) electrons. The summed E-state index contributed by atoms with van der Waals surface area (Å²) in [6, 6.07) is 18.7. The van der Waals surface area contributed by atoms with E-state index in [0.29, 0.717) is 23.4 Å². The molecule has 0 bridgehead atoms. The molecule has 0 saturated carbocycles. The molecule has 1 amide bonds. The molecule has 1 heterocycles. The number of Topliss-reactive ketones (excluding diaryl/α,β-unsaturated/α-hetero) is 1. The van der Waals surface area contributed by atoms with Gasteiger partial charge in [0.05, 0.1) is 10.7 Å². The van der Waals surface area contributed by atoms with Crippen molar-refractivity contribution in [1.29, 1.82) is 0 Å². The van der Waals surface area contributed by atoms with Gasteiger partial charge >= 0.3 is 0 Å². The average Bonchev–Trinajstić information content (AvgIpc) is 2.69. The molecule has 0 spiro atoms. The van der Waals surface area contributed by atoms with Crippen molar-refractivity contribution in [1.82, 2.24) is 9.97 Å². The van der Waals surface area contributed by atoms with Gasteiger partial charge in [-0.25, -0.2) is 9.97 Å². The fraction of sp³-hybridized carbons (Fsp3) is 0.143. The highest BCUT2D eigenvalue weighted by molar-refractivity contribution is 7.99. The molecule has 0 aliphatic heterocycles. The predicted molar refractivity (Wildman–Crippen MR) is 108 cm³/mol. The monoisotopic (exact) mass is 377 g/mol. The zero-order valence-electron chi connectivity index (χ0n) is 14.9. The number of amides is 1. The first-order valence-electron chi connectivity index (χ1n) is 8.53. The molecule has 0 fully saturated rings. The summed E-state index contributed by atoms with van der Waals surface area (Å²) in [7, 11) is 0. The number of hydrogen-bond acceptors (Lipinski definition) is 5. The van der Waals surface area contributed by atoms with Crippen molar-refractivity contribution < 1.29 is 9.59 Å². The lowest BCUT2D eigenvalue weighted by atomic mass is 10.1. The number of nitrogens with zero attached hydrogens (tertiary/aromatic N) is 2. The van der Waals surface area contributed by atoms with Gasteiger partial charge in [-0.2, -0.15) is 0 Å². The zero-order chi connectivity index (χ0) is 19.1. The molecule has 27 heavy (non-hydrogen) atoms. The second-order valence-corrected chi connectivity index (χ2v) is 7.00. The normalized spacial score (nSPS) is 10.4. The molecule has 136 valence electrons. The van der Waals surface area contributed by atoms with Crippen molar-refractivity contribution in [3.05, 3.63) is 72.6 Å². The van der Waals surface area contributed by atoms with Gasteiger partial charge in [0, 0.05) is 29.0 Å². The molecule has 2 aromatic carbocycles. The molecule has 0 aliphatic rings. The number of ketones is 1. The number of carbonyl (C=O) groups is 2. The van der Waals surface area contributed by atoms with Gasteiger partial charge in [-0.1, -0.05) is 30.3 Å². The van der Waals surface area contributed by atoms with Gasteiger partial charge in [-0.15, -0.1) is 11.8 Å². The van der Waals surface area contributed by atoms with Gasteiger partial charge in [-0.05, 0) is 37.3 Å². The summed E-state index contributed by atoms with van der Waals surface area (Å²) in [4.78, 5) is 31.9. The zero-order valence-corrected chi connectivity index (χ0v) is 15.7. The molecule has 1 aromatic heterocycles.